The Hall–Kier alpha value is -1.95. The Morgan fingerprint density at radius 1 is 1.00 bits per heavy atom. The van der Waals surface area contributed by atoms with Crippen molar-refractivity contribution in [2.45, 2.75) is 118 Å². The molecule has 220 valence electrons. The maximum Gasteiger partial charge on any atom is 0.255 e. The molecule has 6 nitrogen and oxygen atoms in total. The van der Waals surface area contributed by atoms with Gasteiger partial charge in [-0.15, -0.1) is 0 Å². The van der Waals surface area contributed by atoms with Crippen molar-refractivity contribution in [1.29, 1.82) is 0 Å². The van der Waals surface area contributed by atoms with Crippen LogP contribution < -0.4 is 5.32 Å². The van der Waals surface area contributed by atoms with Gasteiger partial charge in [0.25, 0.3) is 5.91 Å². The minimum absolute atomic E-state index is 0.0599. The predicted molar refractivity (Wildman–Crippen MR) is 156 cm³/mol. The lowest BCUT2D eigenvalue weighted by molar-refractivity contribution is -0.226. The second kappa shape index (κ2) is 8.78. The summed E-state index contributed by atoms with van der Waals surface area (Å²) >= 11 is 0. The molecule has 1 heterocycles. The molecule has 0 radical (unpaired) electrons. The quantitative estimate of drug-likeness (QED) is 0.467. The van der Waals surface area contributed by atoms with E-state index in [-0.39, 0.29) is 45.4 Å². The first-order valence-electron chi connectivity index (χ1n) is 15.9. The lowest BCUT2D eigenvalue weighted by Gasteiger charge is -2.72. The van der Waals surface area contributed by atoms with E-state index in [1.165, 1.54) is 12.0 Å². The molecule has 0 saturated heterocycles. The molecule has 8 atom stereocenters. The number of nitrogens with one attached hydrogen (secondary N) is 1. The minimum Gasteiger partial charge on any atom is -0.393 e. The van der Waals surface area contributed by atoms with E-state index >= 15 is 0 Å². The van der Waals surface area contributed by atoms with Gasteiger partial charge in [0.1, 0.15) is 0 Å². The van der Waals surface area contributed by atoms with Crippen LogP contribution in [0.5, 0.6) is 0 Å². The van der Waals surface area contributed by atoms with Gasteiger partial charge < -0.3 is 10.4 Å². The number of Topliss-reactive ketones (excluding diaryl/α,β-unsaturated/α-hetero) is 1. The third-order valence-corrected chi connectivity index (χ3v) is 13.7. The summed E-state index contributed by atoms with van der Waals surface area (Å²) in [4.78, 5) is 27.3. The summed E-state index contributed by atoms with van der Waals surface area (Å²) in [6, 6.07) is 0. The molecule has 1 aromatic heterocycles. The largest absolute Gasteiger partial charge is 0.393 e. The van der Waals surface area contributed by atoms with Gasteiger partial charge in [-0.25, -0.2) is 0 Å². The second-order valence-corrected chi connectivity index (χ2v) is 16.0. The number of allylic oxidation sites excluding steroid dienone is 1. The van der Waals surface area contributed by atoms with Gasteiger partial charge in [-0.3, -0.25) is 14.3 Å². The summed E-state index contributed by atoms with van der Waals surface area (Å²) < 4.78 is 1.66. The van der Waals surface area contributed by atoms with Crippen molar-refractivity contribution in [2.24, 2.45) is 52.4 Å². The Labute approximate surface area is 240 Å². The van der Waals surface area contributed by atoms with E-state index in [1.54, 1.807) is 17.1 Å². The van der Waals surface area contributed by atoms with Crippen molar-refractivity contribution in [3.8, 4) is 0 Å². The zero-order valence-electron chi connectivity index (χ0n) is 26.1. The number of fused-ring (bicyclic) bond motifs is 7. The number of carbonyl (C=O) groups excluding carboxylic acids is 2. The summed E-state index contributed by atoms with van der Waals surface area (Å²) in [6.45, 7) is 16.6. The van der Waals surface area contributed by atoms with E-state index in [1.807, 2.05) is 7.05 Å². The van der Waals surface area contributed by atoms with Crippen molar-refractivity contribution in [3.63, 3.8) is 0 Å². The number of hydrogen-bond acceptors (Lipinski definition) is 4. The summed E-state index contributed by atoms with van der Waals surface area (Å²) in [7, 11) is 1.82. The fourth-order valence-corrected chi connectivity index (χ4v) is 11.6. The Morgan fingerprint density at radius 2 is 1.73 bits per heavy atom. The standard InChI is InChI=1S/C34H51N3O3/c1-20(2)27-23(38)17-34(36-29(40)21-18-35-37(8)19-21)16-15-32(6)22(28(27)34)9-10-25-31(5)13-12-26(39)30(3,4)24(31)11-14-33(25,32)7/h18-20,22,24-26,39H,9-17H2,1-8H3,(H,36,40)/t22-,24+,25-,26+,31+,32-,33-,34-/m1/s1. The van der Waals surface area contributed by atoms with Gasteiger partial charge in [-0.2, -0.15) is 5.10 Å². The molecule has 1 amide bonds. The van der Waals surface area contributed by atoms with E-state index < -0.39 is 5.54 Å². The van der Waals surface area contributed by atoms with Crippen molar-refractivity contribution in [2.75, 3.05) is 0 Å². The molecular formula is C34H51N3O3. The average molecular weight is 550 g/mol. The molecular weight excluding hydrogens is 498 g/mol. The van der Waals surface area contributed by atoms with Gasteiger partial charge in [-0.1, -0.05) is 48.5 Å². The average Bonchev–Trinajstić information content (AvgIpc) is 3.43. The molecule has 40 heavy (non-hydrogen) atoms. The van der Waals surface area contributed by atoms with Crippen molar-refractivity contribution >= 4 is 11.7 Å². The zero-order valence-corrected chi connectivity index (χ0v) is 26.1. The first-order valence-corrected chi connectivity index (χ1v) is 15.9. The normalized spacial score (nSPS) is 44.1. The number of amides is 1. The number of hydrogen-bond donors (Lipinski definition) is 2. The highest BCUT2D eigenvalue weighted by Gasteiger charge is 2.70. The number of nitrogens with zero attached hydrogens (tertiary/aromatic N) is 2. The number of carbonyl (C=O) groups is 2. The summed E-state index contributed by atoms with van der Waals surface area (Å²) in [5, 5.41) is 18.7. The number of aliphatic hydroxyl groups is 1. The van der Waals surface area contributed by atoms with Crippen molar-refractivity contribution < 1.29 is 14.7 Å². The van der Waals surface area contributed by atoms with Crippen LogP contribution >= 0.6 is 0 Å². The Morgan fingerprint density at radius 3 is 2.38 bits per heavy atom. The fourth-order valence-electron chi connectivity index (χ4n) is 11.6. The molecule has 4 fully saturated rings. The van der Waals surface area contributed by atoms with Crippen LogP contribution in [0, 0.1) is 45.3 Å². The van der Waals surface area contributed by atoms with Crippen LogP contribution in [-0.4, -0.2) is 38.2 Å². The molecule has 6 heteroatoms. The molecule has 4 saturated carbocycles. The highest BCUT2D eigenvalue weighted by Crippen LogP contribution is 2.75. The van der Waals surface area contributed by atoms with Gasteiger partial charge in [0, 0.05) is 19.7 Å². The number of aromatic nitrogens is 2. The van der Waals surface area contributed by atoms with Crippen LogP contribution in [0.3, 0.4) is 0 Å². The lowest BCUT2D eigenvalue weighted by atomic mass is 9.33. The Bertz CT molecular complexity index is 1280. The summed E-state index contributed by atoms with van der Waals surface area (Å²) in [5.74, 6) is 1.67. The van der Waals surface area contributed by atoms with Crippen molar-refractivity contribution in [1.82, 2.24) is 15.1 Å². The minimum atomic E-state index is -0.588. The summed E-state index contributed by atoms with van der Waals surface area (Å²) in [5.41, 5.74) is 2.60. The first kappa shape index (κ1) is 28.2. The van der Waals surface area contributed by atoms with E-state index in [0.29, 0.717) is 29.7 Å². The molecule has 6 rings (SSSR count). The van der Waals surface area contributed by atoms with Gasteiger partial charge >= 0.3 is 0 Å². The van der Waals surface area contributed by atoms with Crippen LogP contribution in [0.15, 0.2) is 23.5 Å². The third kappa shape index (κ3) is 3.53. The topological polar surface area (TPSA) is 84.2 Å². The maximum absolute atomic E-state index is 13.7. The van der Waals surface area contributed by atoms with E-state index in [0.717, 1.165) is 50.5 Å². The number of rotatable bonds is 3. The Balaban J connectivity index is 1.41. The number of ketones is 1. The third-order valence-electron chi connectivity index (χ3n) is 13.7. The van der Waals surface area contributed by atoms with Gasteiger partial charge in [0.05, 0.1) is 23.4 Å². The smallest absolute Gasteiger partial charge is 0.255 e. The molecule has 0 aromatic carbocycles. The monoisotopic (exact) mass is 549 g/mol. The summed E-state index contributed by atoms with van der Waals surface area (Å²) in [6.07, 6.45) is 12.0. The molecule has 0 spiro atoms. The van der Waals surface area contributed by atoms with E-state index in [2.05, 4.69) is 58.9 Å². The Kier molecular flexibility index (Phi) is 6.19. The van der Waals surface area contributed by atoms with E-state index in [9.17, 15) is 14.7 Å². The fraction of sp³-hybridized carbons (Fsp3) is 0.794. The highest BCUT2D eigenvalue weighted by molar-refractivity contribution is 6.03. The zero-order chi connectivity index (χ0) is 29.0. The molecule has 0 aliphatic heterocycles. The number of aryl methyl sites for hydroxylation is 1. The van der Waals surface area contributed by atoms with Crippen LogP contribution in [0.2, 0.25) is 0 Å². The van der Waals surface area contributed by atoms with Crippen LogP contribution in [-0.2, 0) is 11.8 Å². The first-order chi connectivity index (χ1) is 18.6. The molecule has 0 unspecified atom stereocenters. The molecule has 0 bridgehead atoms. The van der Waals surface area contributed by atoms with Crippen LogP contribution in [0.25, 0.3) is 0 Å². The lowest BCUT2D eigenvalue weighted by Crippen LogP contribution is -2.67. The molecule has 1 aromatic rings. The highest BCUT2D eigenvalue weighted by atomic mass is 16.3. The number of aliphatic hydroxyl groups excluding tert-OH is 1. The maximum atomic E-state index is 13.7. The van der Waals surface area contributed by atoms with Gasteiger partial charge in [0.15, 0.2) is 5.78 Å². The van der Waals surface area contributed by atoms with Gasteiger partial charge in [0.2, 0.25) is 0 Å². The second-order valence-electron chi connectivity index (χ2n) is 16.0. The van der Waals surface area contributed by atoms with Crippen LogP contribution in [0.4, 0.5) is 0 Å². The molecule has 5 aliphatic rings. The molecule has 2 N–H and O–H groups in total. The molecule has 5 aliphatic carbocycles. The van der Waals surface area contributed by atoms with Gasteiger partial charge in [-0.05, 0) is 108 Å². The van der Waals surface area contributed by atoms with Crippen LogP contribution in [0.1, 0.15) is 117 Å². The SMILES string of the molecule is CC(C)C1=C2[C@H]3CC[C@@H]4[C@@]5(C)CC[C@H](O)C(C)(C)[C@@H]5CC[C@@]4(C)[C@]3(C)CC[C@@]2(NC(=O)c2cnn(C)c2)CC1=O. The predicted octanol–water partition coefficient (Wildman–Crippen LogP) is 6.24. The van der Waals surface area contributed by atoms with E-state index in [4.69, 9.17) is 0 Å². The van der Waals surface area contributed by atoms with Crippen molar-refractivity contribution in [3.05, 3.63) is 29.1 Å².